The van der Waals surface area contributed by atoms with E-state index in [1.54, 1.807) is 19.2 Å². The number of aromatic nitrogens is 3. The fraction of sp³-hybridized carbons (Fsp3) is 0.579. The van der Waals surface area contributed by atoms with Gasteiger partial charge in [-0.25, -0.2) is 9.97 Å². The van der Waals surface area contributed by atoms with E-state index in [9.17, 15) is 9.90 Å². The number of carbonyl (C=O) groups excluding carboxylic acids is 1. The molecule has 2 aliphatic heterocycles. The van der Waals surface area contributed by atoms with E-state index in [0.29, 0.717) is 37.2 Å². The maximum Gasteiger partial charge on any atom is 0.273 e. The average Bonchev–Trinajstić information content (AvgIpc) is 3.12. The second-order valence-corrected chi connectivity index (χ2v) is 8.08. The van der Waals surface area contributed by atoms with Gasteiger partial charge in [0.15, 0.2) is 11.6 Å². The standard InChI is InChI=1S/C19H26N6O4/c1-12-22-13(9-28-12)16(27)24-18(2)11-19(29-10-14(18)26)4-7-25(8-5-19)17-21-6-3-15(20)23-17/h3,6,9,14,26H,4-5,7-8,10-11H2,1-2H3,(H,24,27)(H2,20,21,23)/t14-,18-/m1/s1. The van der Waals surface area contributed by atoms with Gasteiger partial charge in [-0.05, 0) is 25.8 Å². The fourth-order valence-corrected chi connectivity index (χ4v) is 4.15. The van der Waals surface area contributed by atoms with Crippen LogP contribution in [0.5, 0.6) is 0 Å². The zero-order valence-corrected chi connectivity index (χ0v) is 16.6. The van der Waals surface area contributed by atoms with Crippen molar-refractivity contribution in [2.75, 3.05) is 30.3 Å². The quantitative estimate of drug-likeness (QED) is 0.675. The molecule has 2 atom stereocenters. The second kappa shape index (κ2) is 7.27. The Balaban J connectivity index is 1.45. The van der Waals surface area contributed by atoms with Gasteiger partial charge in [0.25, 0.3) is 5.91 Å². The van der Waals surface area contributed by atoms with Gasteiger partial charge in [0, 0.05) is 32.6 Å². The molecule has 0 saturated carbocycles. The number of aryl methyl sites for hydroxylation is 1. The number of rotatable bonds is 3. The van der Waals surface area contributed by atoms with Gasteiger partial charge in [-0.1, -0.05) is 0 Å². The molecule has 10 nitrogen and oxygen atoms in total. The fourth-order valence-electron chi connectivity index (χ4n) is 4.15. The molecule has 0 aromatic carbocycles. The Hall–Kier alpha value is -2.72. The topological polar surface area (TPSA) is 140 Å². The van der Waals surface area contributed by atoms with Crippen LogP contribution < -0.4 is 16.0 Å². The highest BCUT2D eigenvalue weighted by Crippen LogP contribution is 2.40. The molecule has 2 saturated heterocycles. The van der Waals surface area contributed by atoms with E-state index in [-0.39, 0.29) is 18.2 Å². The molecular weight excluding hydrogens is 376 g/mol. The summed E-state index contributed by atoms with van der Waals surface area (Å²) in [4.78, 5) is 27.3. The minimum Gasteiger partial charge on any atom is -0.448 e. The number of piperidine rings is 1. The molecule has 2 fully saturated rings. The zero-order chi connectivity index (χ0) is 20.6. The molecule has 1 amide bonds. The third-order valence-electron chi connectivity index (χ3n) is 5.84. The summed E-state index contributed by atoms with van der Waals surface area (Å²) in [5, 5.41) is 13.5. The summed E-state index contributed by atoms with van der Waals surface area (Å²) in [6.45, 7) is 5.08. The van der Waals surface area contributed by atoms with Crippen molar-refractivity contribution in [2.24, 2.45) is 0 Å². The molecule has 4 heterocycles. The number of hydrogen-bond acceptors (Lipinski definition) is 9. The van der Waals surface area contributed by atoms with Crippen molar-refractivity contribution in [1.82, 2.24) is 20.3 Å². The number of amides is 1. The number of hydrogen-bond donors (Lipinski definition) is 3. The number of anilines is 2. The summed E-state index contributed by atoms with van der Waals surface area (Å²) in [6.07, 6.45) is 4.10. The second-order valence-electron chi connectivity index (χ2n) is 8.08. The Bertz CT molecular complexity index is 894. The highest BCUT2D eigenvalue weighted by molar-refractivity contribution is 5.92. The monoisotopic (exact) mass is 402 g/mol. The summed E-state index contributed by atoms with van der Waals surface area (Å²) in [6, 6.07) is 1.66. The first-order valence-electron chi connectivity index (χ1n) is 9.69. The first-order chi connectivity index (χ1) is 13.8. The van der Waals surface area contributed by atoms with Crippen LogP contribution in [0.25, 0.3) is 0 Å². The van der Waals surface area contributed by atoms with Crippen molar-refractivity contribution in [2.45, 2.75) is 50.4 Å². The minimum atomic E-state index is -0.835. The highest BCUT2D eigenvalue weighted by atomic mass is 16.5. The lowest BCUT2D eigenvalue weighted by atomic mass is 9.74. The lowest BCUT2D eigenvalue weighted by Crippen LogP contribution is -2.65. The van der Waals surface area contributed by atoms with Gasteiger partial charge in [-0.3, -0.25) is 4.79 Å². The lowest BCUT2D eigenvalue weighted by molar-refractivity contribution is -0.167. The summed E-state index contributed by atoms with van der Waals surface area (Å²) in [7, 11) is 0. The van der Waals surface area contributed by atoms with Crippen LogP contribution in [0.4, 0.5) is 11.8 Å². The average molecular weight is 402 g/mol. The molecule has 156 valence electrons. The van der Waals surface area contributed by atoms with Gasteiger partial charge in [-0.2, -0.15) is 4.98 Å². The number of aliphatic hydroxyl groups is 1. The zero-order valence-electron chi connectivity index (χ0n) is 16.6. The number of nitrogens with zero attached hydrogens (tertiary/aromatic N) is 4. The van der Waals surface area contributed by atoms with Crippen molar-refractivity contribution in [3.63, 3.8) is 0 Å². The molecule has 2 aliphatic rings. The molecule has 0 unspecified atom stereocenters. The number of nitrogen functional groups attached to an aromatic ring is 1. The summed E-state index contributed by atoms with van der Waals surface area (Å²) in [5.41, 5.74) is 4.70. The van der Waals surface area contributed by atoms with E-state index < -0.39 is 17.2 Å². The minimum absolute atomic E-state index is 0.156. The first-order valence-corrected chi connectivity index (χ1v) is 9.69. The first kappa shape index (κ1) is 19.6. The van der Waals surface area contributed by atoms with Crippen LogP contribution in [0.3, 0.4) is 0 Å². The largest absolute Gasteiger partial charge is 0.448 e. The van der Waals surface area contributed by atoms with Gasteiger partial charge >= 0.3 is 0 Å². The Morgan fingerprint density at radius 3 is 2.79 bits per heavy atom. The van der Waals surface area contributed by atoms with Gasteiger partial charge < -0.3 is 30.2 Å². The van der Waals surface area contributed by atoms with Crippen LogP contribution in [0.1, 0.15) is 42.6 Å². The van der Waals surface area contributed by atoms with Crippen LogP contribution in [0.15, 0.2) is 22.9 Å². The number of aliphatic hydroxyl groups excluding tert-OH is 1. The molecule has 4 N–H and O–H groups in total. The Labute approximate surface area is 168 Å². The van der Waals surface area contributed by atoms with Crippen LogP contribution in [0, 0.1) is 6.92 Å². The summed E-state index contributed by atoms with van der Waals surface area (Å²) in [5.74, 6) is 1.09. The molecule has 0 aliphatic carbocycles. The molecule has 1 spiro atoms. The van der Waals surface area contributed by atoms with Gasteiger partial charge in [0.1, 0.15) is 18.2 Å². The molecule has 0 bridgehead atoms. The Kier molecular flexibility index (Phi) is 4.91. The van der Waals surface area contributed by atoms with E-state index in [1.165, 1.54) is 6.26 Å². The Morgan fingerprint density at radius 2 is 2.14 bits per heavy atom. The van der Waals surface area contributed by atoms with E-state index in [2.05, 4.69) is 25.2 Å². The molecular formula is C19H26N6O4. The normalized spacial score (nSPS) is 26.4. The van der Waals surface area contributed by atoms with Crippen molar-refractivity contribution in [3.8, 4) is 0 Å². The van der Waals surface area contributed by atoms with Gasteiger partial charge in [0.05, 0.1) is 17.7 Å². The molecule has 10 heteroatoms. The van der Waals surface area contributed by atoms with Crippen molar-refractivity contribution in [3.05, 3.63) is 30.1 Å². The summed E-state index contributed by atoms with van der Waals surface area (Å²) >= 11 is 0. The van der Waals surface area contributed by atoms with Crippen LogP contribution in [0.2, 0.25) is 0 Å². The van der Waals surface area contributed by atoms with Crippen molar-refractivity contribution >= 4 is 17.7 Å². The lowest BCUT2D eigenvalue weighted by Gasteiger charge is -2.51. The van der Waals surface area contributed by atoms with Crippen molar-refractivity contribution in [1.29, 1.82) is 0 Å². The predicted octanol–water partition coefficient (Wildman–Crippen LogP) is 0.664. The highest BCUT2D eigenvalue weighted by Gasteiger charge is 2.50. The summed E-state index contributed by atoms with van der Waals surface area (Å²) < 4.78 is 11.2. The molecule has 4 rings (SSSR count). The van der Waals surface area contributed by atoms with Gasteiger partial charge in [-0.15, -0.1) is 0 Å². The van der Waals surface area contributed by atoms with E-state index in [1.807, 2.05) is 6.92 Å². The number of nitrogens with two attached hydrogens (primary N) is 1. The molecule has 0 radical (unpaired) electrons. The Morgan fingerprint density at radius 1 is 1.38 bits per heavy atom. The van der Waals surface area contributed by atoms with Crippen molar-refractivity contribution < 1.29 is 19.1 Å². The van der Waals surface area contributed by atoms with E-state index in [0.717, 1.165) is 12.8 Å². The van der Waals surface area contributed by atoms with E-state index >= 15 is 0 Å². The van der Waals surface area contributed by atoms with Crippen LogP contribution in [-0.2, 0) is 4.74 Å². The number of ether oxygens (including phenoxy) is 1. The molecule has 29 heavy (non-hydrogen) atoms. The van der Waals surface area contributed by atoms with Crippen LogP contribution >= 0.6 is 0 Å². The van der Waals surface area contributed by atoms with Crippen LogP contribution in [-0.4, -0.2) is 62.9 Å². The predicted molar refractivity (Wildman–Crippen MR) is 104 cm³/mol. The third-order valence-corrected chi connectivity index (χ3v) is 5.84. The number of nitrogens with one attached hydrogen (secondary N) is 1. The number of carbonyl (C=O) groups is 1. The molecule has 2 aromatic heterocycles. The maximum atomic E-state index is 12.6. The maximum absolute atomic E-state index is 12.6. The molecule has 2 aromatic rings. The smallest absolute Gasteiger partial charge is 0.273 e. The van der Waals surface area contributed by atoms with Gasteiger partial charge in [0.2, 0.25) is 5.95 Å². The third kappa shape index (κ3) is 3.90. The SMILES string of the molecule is Cc1nc(C(=O)N[C@]2(C)CC3(CCN(c4nccc(N)n4)CC3)OC[C@H]2O)co1. The number of oxazole rings is 1. The van der Waals surface area contributed by atoms with E-state index in [4.69, 9.17) is 14.9 Å².